The van der Waals surface area contributed by atoms with Crippen LogP contribution in [0.4, 0.5) is 10.1 Å². The zero-order valence-electron chi connectivity index (χ0n) is 14.9. The molecule has 0 saturated carbocycles. The molecule has 2 heterocycles. The number of hydrogen-bond donors (Lipinski definition) is 3. The van der Waals surface area contributed by atoms with Gasteiger partial charge in [-0.2, -0.15) is 0 Å². The Bertz CT molecular complexity index is 894. The molecule has 3 N–H and O–H groups in total. The molecule has 140 valence electrons. The van der Waals surface area contributed by atoms with Crippen molar-refractivity contribution in [3.05, 3.63) is 39.9 Å². The van der Waals surface area contributed by atoms with Crippen LogP contribution in [0.3, 0.4) is 0 Å². The molecule has 1 fully saturated rings. The average Bonchev–Trinajstić information content (AvgIpc) is 2.62. The van der Waals surface area contributed by atoms with Crippen molar-refractivity contribution in [2.24, 2.45) is 0 Å². The van der Waals surface area contributed by atoms with Gasteiger partial charge < -0.3 is 25.2 Å². The smallest absolute Gasteiger partial charge is 0.341 e. The first-order chi connectivity index (χ1) is 12.5. The number of likely N-dealkylation sites (N-methyl/N-ethyl adjacent to an activating group) is 1. The standard InChI is InChI=1S/C18H23FN4O3/c1-3-22-10-13(18(25)26)17(24)12-6-14(19)16(7-15(12)22)23-5-4-21-11(9-23)8-20-2/h6-7,10-11,20-21H,3-5,8-9H2,1-2H3,(H,25,26). The number of carboxylic acids is 1. The van der Waals surface area contributed by atoms with Gasteiger partial charge in [-0.1, -0.05) is 0 Å². The topological polar surface area (TPSA) is 86.6 Å². The molecule has 26 heavy (non-hydrogen) atoms. The molecular formula is C18H23FN4O3. The molecule has 0 radical (unpaired) electrons. The molecule has 7 nitrogen and oxygen atoms in total. The van der Waals surface area contributed by atoms with E-state index < -0.39 is 17.2 Å². The summed E-state index contributed by atoms with van der Waals surface area (Å²) < 4.78 is 16.5. The van der Waals surface area contributed by atoms with Gasteiger partial charge >= 0.3 is 5.97 Å². The van der Waals surface area contributed by atoms with E-state index in [1.165, 1.54) is 12.3 Å². The van der Waals surface area contributed by atoms with Crippen LogP contribution in [0.5, 0.6) is 0 Å². The minimum Gasteiger partial charge on any atom is -0.477 e. The summed E-state index contributed by atoms with van der Waals surface area (Å²) in [6, 6.07) is 3.02. The van der Waals surface area contributed by atoms with Crippen LogP contribution < -0.4 is 21.0 Å². The summed E-state index contributed by atoms with van der Waals surface area (Å²) in [5.74, 6) is -1.81. The van der Waals surface area contributed by atoms with Crippen LogP contribution in [0.25, 0.3) is 10.9 Å². The molecule has 1 atom stereocenters. The summed E-state index contributed by atoms with van der Waals surface area (Å²) in [5, 5.41) is 15.8. The Hall–Kier alpha value is -2.45. The highest BCUT2D eigenvalue weighted by Gasteiger charge is 2.23. The number of piperazine rings is 1. The van der Waals surface area contributed by atoms with Gasteiger partial charge in [-0.05, 0) is 26.1 Å². The van der Waals surface area contributed by atoms with Gasteiger partial charge in [0.25, 0.3) is 0 Å². The van der Waals surface area contributed by atoms with Crippen molar-refractivity contribution in [2.75, 3.05) is 38.1 Å². The highest BCUT2D eigenvalue weighted by Crippen LogP contribution is 2.26. The number of fused-ring (bicyclic) bond motifs is 1. The number of hydrogen-bond acceptors (Lipinski definition) is 5. The Morgan fingerprint density at radius 1 is 1.46 bits per heavy atom. The van der Waals surface area contributed by atoms with Crippen molar-refractivity contribution in [3.8, 4) is 0 Å². The van der Waals surface area contributed by atoms with Crippen molar-refractivity contribution in [3.63, 3.8) is 0 Å². The Morgan fingerprint density at radius 3 is 2.88 bits per heavy atom. The Labute approximate surface area is 150 Å². The predicted octanol–water partition coefficient (Wildman–Crippen LogP) is 0.856. The first-order valence-electron chi connectivity index (χ1n) is 8.69. The van der Waals surface area contributed by atoms with E-state index in [1.54, 1.807) is 10.6 Å². The SMILES string of the molecule is CCn1cc(C(=O)O)c(=O)c2cc(F)c(N3CCNC(CNC)C3)cc21. The maximum Gasteiger partial charge on any atom is 0.341 e. The van der Waals surface area contributed by atoms with E-state index in [0.29, 0.717) is 30.8 Å². The van der Waals surface area contributed by atoms with Gasteiger partial charge in [0.2, 0.25) is 5.43 Å². The lowest BCUT2D eigenvalue weighted by Gasteiger charge is -2.35. The number of aryl methyl sites for hydroxylation is 1. The number of anilines is 1. The fourth-order valence-corrected chi connectivity index (χ4v) is 3.48. The minimum absolute atomic E-state index is 0.0925. The van der Waals surface area contributed by atoms with Crippen LogP contribution in [0.2, 0.25) is 0 Å². The fraction of sp³-hybridized carbons (Fsp3) is 0.444. The van der Waals surface area contributed by atoms with Crippen LogP contribution in [0, 0.1) is 5.82 Å². The van der Waals surface area contributed by atoms with E-state index in [1.807, 2.05) is 18.9 Å². The third kappa shape index (κ3) is 3.30. The molecule has 1 aromatic heterocycles. The van der Waals surface area contributed by atoms with Gasteiger partial charge in [0.15, 0.2) is 0 Å². The van der Waals surface area contributed by atoms with Gasteiger partial charge in [-0.15, -0.1) is 0 Å². The molecule has 0 bridgehead atoms. The van der Waals surface area contributed by atoms with Crippen LogP contribution in [0.15, 0.2) is 23.1 Å². The molecular weight excluding hydrogens is 339 g/mol. The summed E-state index contributed by atoms with van der Waals surface area (Å²) in [4.78, 5) is 25.7. The molecule has 1 aliphatic heterocycles. The Kier molecular flexibility index (Phi) is 5.24. The third-order valence-corrected chi connectivity index (χ3v) is 4.77. The molecule has 1 aliphatic rings. The summed E-state index contributed by atoms with van der Waals surface area (Å²) >= 11 is 0. The van der Waals surface area contributed by atoms with Gasteiger partial charge in [-0.25, -0.2) is 9.18 Å². The number of rotatable bonds is 5. The molecule has 0 amide bonds. The number of aromatic nitrogens is 1. The first kappa shape index (κ1) is 18.3. The highest BCUT2D eigenvalue weighted by molar-refractivity contribution is 5.93. The van der Waals surface area contributed by atoms with Crippen molar-refractivity contribution < 1.29 is 14.3 Å². The first-order valence-corrected chi connectivity index (χ1v) is 8.69. The lowest BCUT2D eigenvalue weighted by Crippen LogP contribution is -2.54. The molecule has 1 saturated heterocycles. The Morgan fingerprint density at radius 2 is 2.23 bits per heavy atom. The second kappa shape index (κ2) is 7.43. The number of nitrogens with zero attached hydrogens (tertiary/aromatic N) is 2. The third-order valence-electron chi connectivity index (χ3n) is 4.77. The second-order valence-electron chi connectivity index (χ2n) is 6.44. The summed E-state index contributed by atoms with van der Waals surface area (Å²) in [6.07, 6.45) is 1.33. The molecule has 1 aromatic carbocycles. The molecule has 8 heteroatoms. The van der Waals surface area contributed by atoms with E-state index in [4.69, 9.17) is 0 Å². The van der Waals surface area contributed by atoms with Gasteiger partial charge in [0.1, 0.15) is 11.4 Å². The number of carbonyl (C=O) groups is 1. The molecule has 1 unspecified atom stereocenters. The zero-order valence-corrected chi connectivity index (χ0v) is 14.9. The van der Waals surface area contributed by atoms with Gasteiger partial charge in [0.05, 0.1) is 11.2 Å². The molecule has 0 spiro atoms. The molecule has 3 rings (SSSR count). The van der Waals surface area contributed by atoms with Crippen molar-refractivity contribution in [1.82, 2.24) is 15.2 Å². The maximum atomic E-state index is 14.8. The molecule has 2 aromatic rings. The summed E-state index contributed by atoms with van der Waals surface area (Å²) in [5.41, 5.74) is -0.0221. The van der Waals surface area contributed by atoms with Crippen LogP contribution in [0.1, 0.15) is 17.3 Å². The van der Waals surface area contributed by atoms with Crippen LogP contribution in [-0.4, -0.2) is 54.9 Å². The van der Waals surface area contributed by atoms with E-state index in [2.05, 4.69) is 10.6 Å². The van der Waals surface area contributed by atoms with Crippen LogP contribution in [-0.2, 0) is 6.54 Å². The van der Waals surface area contributed by atoms with Crippen LogP contribution >= 0.6 is 0 Å². The van der Waals surface area contributed by atoms with Gasteiger partial charge in [-0.3, -0.25) is 4.79 Å². The average molecular weight is 362 g/mol. The number of nitrogens with one attached hydrogen (secondary N) is 2. The molecule has 0 aliphatic carbocycles. The number of benzene rings is 1. The van der Waals surface area contributed by atoms with E-state index in [-0.39, 0.29) is 17.0 Å². The van der Waals surface area contributed by atoms with Crippen molar-refractivity contribution in [1.29, 1.82) is 0 Å². The minimum atomic E-state index is -1.31. The van der Waals surface area contributed by atoms with Crippen molar-refractivity contribution >= 4 is 22.6 Å². The normalized spacial score (nSPS) is 17.7. The Balaban J connectivity index is 2.11. The summed E-state index contributed by atoms with van der Waals surface area (Å²) in [7, 11) is 1.87. The number of carboxylic acid groups (broad SMARTS) is 1. The number of aromatic carboxylic acids is 1. The fourth-order valence-electron chi connectivity index (χ4n) is 3.48. The highest BCUT2D eigenvalue weighted by atomic mass is 19.1. The van der Waals surface area contributed by atoms with E-state index in [0.717, 1.165) is 13.1 Å². The number of halogens is 1. The quantitative estimate of drug-likeness (QED) is 0.731. The predicted molar refractivity (Wildman–Crippen MR) is 98.7 cm³/mol. The monoisotopic (exact) mass is 362 g/mol. The number of pyridine rings is 1. The maximum absolute atomic E-state index is 14.8. The lowest BCUT2D eigenvalue weighted by atomic mass is 10.1. The van der Waals surface area contributed by atoms with E-state index >= 15 is 0 Å². The lowest BCUT2D eigenvalue weighted by molar-refractivity contribution is 0.0695. The van der Waals surface area contributed by atoms with Gasteiger partial charge in [0, 0.05) is 50.3 Å². The zero-order chi connectivity index (χ0) is 18.8. The largest absolute Gasteiger partial charge is 0.477 e. The van der Waals surface area contributed by atoms with Crippen molar-refractivity contribution in [2.45, 2.75) is 19.5 Å². The summed E-state index contributed by atoms with van der Waals surface area (Å²) in [6.45, 7) is 5.15. The second-order valence-corrected chi connectivity index (χ2v) is 6.44. The van der Waals surface area contributed by atoms with E-state index in [9.17, 15) is 19.1 Å².